The third-order valence-corrected chi connectivity index (χ3v) is 12.5. The molecule has 0 aromatic rings. The minimum Gasteiger partial charge on any atom is -0.466 e. The summed E-state index contributed by atoms with van der Waals surface area (Å²) in [5.41, 5.74) is 6.08. The van der Waals surface area contributed by atoms with Crippen molar-refractivity contribution in [1.82, 2.24) is 0 Å². The molecule has 2 bridgehead atoms. The van der Waals surface area contributed by atoms with E-state index in [2.05, 4.69) is 0 Å². The quantitative estimate of drug-likeness (QED) is 0.140. The van der Waals surface area contributed by atoms with E-state index in [0.717, 1.165) is 6.08 Å². The lowest BCUT2D eigenvalue weighted by molar-refractivity contribution is -0.306. The van der Waals surface area contributed by atoms with Crippen LogP contribution in [0, 0.1) is 17.8 Å². The van der Waals surface area contributed by atoms with Crippen LogP contribution < -0.4 is 5.73 Å². The molecule has 12 N–H and O–H groups in total. The Hall–Kier alpha value is -3.70. The third kappa shape index (κ3) is 20.0. The Labute approximate surface area is 399 Å². The summed E-state index contributed by atoms with van der Waals surface area (Å²) in [6, 6.07) is -1.12. The molecular weight excluding hydrogens is 887 g/mol. The first kappa shape index (κ1) is 58.6. The molecule has 0 unspecified atom stereocenters. The van der Waals surface area contributed by atoms with Crippen LogP contribution in [0.3, 0.4) is 0 Å². The van der Waals surface area contributed by atoms with Gasteiger partial charge in [0, 0.05) is 49.5 Å². The Morgan fingerprint density at radius 3 is 1.88 bits per heavy atom. The Morgan fingerprint density at radius 2 is 1.28 bits per heavy atom. The Bertz CT molecular complexity index is 1760. The predicted octanol–water partition coefficient (Wildman–Crippen LogP) is 1.36. The summed E-state index contributed by atoms with van der Waals surface area (Å²) in [6.07, 6.45) is 8.01. The van der Waals surface area contributed by atoms with Gasteiger partial charge in [0.1, 0.15) is 12.2 Å². The molecule has 19 atom stereocenters. The highest BCUT2D eigenvalue weighted by Crippen LogP contribution is 2.38. The summed E-state index contributed by atoms with van der Waals surface area (Å²) in [4.78, 5) is 24.8. The van der Waals surface area contributed by atoms with Crippen LogP contribution in [-0.4, -0.2) is 168 Å². The normalized spacial score (nSPS) is 44.1. The topological polar surface area (TPSA) is 309 Å². The highest BCUT2D eigenvalue weighted by Gasteiger charge is 2.48. The van der Waals surface area contributed by atoms with E-state index in [-0.39, 0.29) is 31.6 Å². The summed E-state index contributed by atoms with van der Waals surface area (Å²) in [6.45, 7) is 6.80. The zero-order valence-corrected chi connectivity index (χ0v) is 39.7. The Kier molecular flexibility index (Phi) is 25.4. The van der Waals surface area contributed by atoms with Crippen molar-refractivity contribution in [1.29, 1.82) is 0 Å². The van der Waals surface area contributed by atoms with Crippen LogP contribution in [0.4, 0.5) is 0 Å². The van der Waals surface area contributed by atoms with Crippen molar-refractivity contribution < 1.29 is 84.3 Å². The SMILES string of the molecule is COC(=O)/C=C/[C@H]1[C@@H]2C[C@@H](O[C@@H]3O[C@H](C)[C@@H](O)[C@H](N)[C@@H]3O)/C=C/C=C/C=C/C=C/C=C/C=C/C=C/[C@H](C)[C@@H](O)[C@@H](C)[C@H](C)OC(=O)C[C@H](O)C[C@H](O)CC[C@@H](O)[C@H](O)C[C@H](O)C[C@](O)(C[C@@H]1O)O2. The standard InChI is InChI=1S/C50H77NO17/c1-30-18-16-14-12-10-8-6-7-9-11-13-15-17-19-37(67-49-48(62)45(51)47(61)33(4)66-49)27-42-38(21-23-43(58)64-5)41(57)29-50(63,68-42)28-36(54)25-40(56)39(55)22-20-34(52)24-35(53)26-44(59)65-32(3)31(2)46(30)60/h6-19,21,23,30-42,45-49,52-57,60-63H,20,22,24-29,51H2,1-5H3/b7-6+,10-8+,11-9+,14-12+,15-13+,18-16+,19-17+,23-21+/t30-,31-,32-,33+,34+,35+,36-,37-,38+,39+,40+,41-,42-,45-,46+,47+,48-,49-,50+/m0/s1. The van der Waals surface area contributed by atoms with Crippen LogP contribution in [0.1, 0.15) is 79.1 Å². The van der Waals surface area contributed by atoms with Gasteiger partial charge in [0.2, 0.25) is 0 Å². The van der Waals surface area contributed by atoms with Crippen LogP contribution >= 0.6 is 0 Å². The highest BCUT2D eigenvalue weighted by molar-refractivity contribution is 5.81. The van der Waals surface area contributed by atoms with Gasteiger partial charge in [-0.05, 0) is 33.1 Å². The number of carbonyl (C=O) groups is 2. The van der Waals surface area contributed by atoms with Crippen molar-refractivity contribution in [3.8, 4) is 0 Å². The zero-order valence-electron chi connectivity index (χ0n) is 39.7. The average Bonchev–Trinajstić information content (AvgIpc) is 3.27. The van der Waals surface area contributed by atoms with E-state index in [1.807, 2.05) is 49.5 Å². The van der Waals surface area contributed by atoms with Gasteiger partial charge in [-0.2, -0.15) is 0 Å². The molecule has 0 amide bonds. The summed E-state index contributed by atoms with van der Waals surface area (Å²) in [5.74, 6) is -5.33. The largest absolute Gasteiger partial charge is 0.466 e. The number of cyclic esters (lactones) is 1. The summed E-state index contributed by atoms with van der Waals surface area (Å²) < 4.78 is 28.4. The van der Waals surface area contributed by atoms with Gasteiger partial charge in [-0.1, -0.05) is 105 Å². The number of rotatable bonds is 4. The van der Waals surface area contributed by atoms with E-state index < -0.39 is 147 Å². The first-order valence-corrected chi connectivity index (χ1v) is 23.4. The molecule has 384 valence electrons. The monoisotopic (exact) mass is 964 g/mol. The maximum absolute atomic E-state index is 12.7. The third-order valence-electron chi connectivity index (χ3n) is 12.5. The summed E-state index contributed by atoms with van der Waals surface area (Å²) in [5, 5.41) is 109. The average molecular weight is 964 g/mol. The molecule has 68 heavy (non-hydrogen) atoms. The van der Waals surface area contributed by atoms with Crippen molar-refractivity contribution in [2.24, 2.45) is 23.5 Å². The minimum atomic E-state index is -2.21. The molecule has 3 rings (SSSR count). The maximum atomic E-state index is 12.7. The second-order valence-electron chi connectivity index (χ2n) is 18.2. The molecule has 3 aliphatic heterocycles. The van der Waals surface area contributed by atoms with Crippen LogP contribution in [-0.2, 0) is 33.3 Å². The fourth-order valence-corrected chi connectivity index (χ4v) is 8.18. The Balaban J connectivity index is 1.91. The van der Waals surface area contributed by atoms with E-state index in [0.29, 0.717) is 0 Å². The molecule has 0 saturated carbocycles. The van der Waals surface area contributed by atoms with Gasteiger partial charge in [-0.25, -0.2) is 4.79 Å². The number of hydrogen-bond donors (Lipinski definition) is 11. The van der Waals surface area contributed by atoms with Gasteiger partial charge >= 0.3 is 11.9 Å². The highest BCUT2D eigenvalue weighted by atomic mass is 16.7. The summed E-state index contributed by atoms with van der Waals surface area (Å²) in [7, 11) is 1.18. The van der Waals surface area contributed by atoms with Gasteiger partial charge in [0.05, 0.1) is 86.7 Å². The van der Waals surface area contributed by atoms with E-state index in [1.54, 1.807) is 63.3 Å². The number of hydrogen-bond acceptors (Lipinski definition) is 18. The van der Waals surface area contributed by atoms with Crippen molar-refractivity contribution in [2.45, 2.75) is 177 Å². The van der Waals surface area contributed by atoms with Gasteiger partial charge in [0.25, 0.3) is 0 Å². The smallest absolute Gasteiger partial charge is 0.330 e. The van der Waals surface area contributed by atoms with Crippen molar-refractivity contribution in [2.75, 3.05) is 7.11 Å². The molecule has 0 spiro atoms. The lowest BCUT2D eigenvalue weighted by atomic mass is 9.82. The number of aliphatic hydroxyl groups is 10. The van der Waals surface area contributed by atoms with E-state index >= 15 is 0 Å². The molecule has 0 aromatic heterocycles. The van der Waals surface area contributed by atoms with Crippen LogP contribution in [0.5, 0.6) is 0 Å². The second kappa shape index (κ2) is 29.5. The number of ether oxygens (including phenoxy) is 5. The molecule has 0 aromatic carbocycles. The predicted molar refractivity (Wildman–Crippen MR) is 251 cm³/mol. The van der Waals surface area contributed by atoms with Gasteiger partial charge < -0.3 is 80.5 Å². The molecule has 3 aliphatic rings. The van der Waals surface area contributed by atoms with E-state index in [1.165, 1.54) is 13.2 Å². The number of carbonyl (C=O) groups excluding carboxylic acids is 2. The number of aliphatic hydroxyl groups excluding tert-OH is 9. The summed E-state index contributed by atoms with van der Waals surface area (Å²) >= 11 is 0. The number of esters is 2. The van der Waals surface area contributed by atoms with Gasteiger partial charge in [0.15, 0.2) is 12.1 Å². The zero-order chi connectivity index (χ0) is 50.6. The lowest BCUT2D eigenvalue weighted by Gasteiger charge is -2.46. The van der Waals surface area contributed by atoms with Crippen molar-refractivity contribution in [3.05, 3.63) is 97.2 Å². The molecule has 3 heterocycles. The molecule has 2 saturated heterocycles. The minimum absolute atomic E-state index is 0.0894. The molecular formula is C50H77NO17. The van der Waals surface area contributed by atoms with E-state index in [4.69, 9.17) is 29.4 Å². The Morgan fingerprint density at radius 1 is 0.691 bits per heavy atom. The van der Waals surface area contributed by atoms with Crippen LogP contribution in [0.2, 0.25) is 0 Å². The molecule has 2 fully saturated rings. The van der Waals surface area contributed by atoms with Gasteiger partial charge in [-0.15, -0.1) is 0 Å². The van der Waals surface area contributed by atoms with Crippen LogP contribution in [0.25, 0.3) is 0 Å². The lowest BCUT2D eigenvalue weighted by Crippen LogP contribution is -2.61. The van der Waals surface area contributed by atoms with Gasteiger partial charge in [-0.3, -0.25) is 4.79 Å². The van der Waals surface area contributed by atoms with Crippen molar-refractivity contribution in [3.63, 3.8) is 0 Å². The number of nitrogens with two attached hydrogens (primary N) is 1. The van der Waals surface area contributed by atoms with E-state index in [9.17, 15) is 60.7 Å². The van der Waals surface area contributed by atoms with Crippen LogP contribution in [0.15, 0.2) is 97.2 Å². The maximum Gasteiger partial charge on any atom is 0.330 e. The molecule has 0 aliphatic carbocycles. The first-order chi connectivity index (χ1) is 32.1. The fraction of sp³-hybridized carbons (Fsp3) is 0.640. The number of methoxy groups -OCH3 is 1. The first-order valence-electron chi connectivity index (χ1n) is 23.4. The fourth-order valence-electron chi connectivity index (χ4n) is 8.18. The number of fused-ring (bicyclic) bond motifs is 2. The molecule has 0 radical (unpaired) electrons. The number of allylic oxidation sites excluding steroid dienone is 12. The molecule has 18 heteroatoms. The second-order valence-corrected chi connectivity index (χ2v) is 18.2. The van der Waals surface area contributed by atoms with Crippen molar-refractivity contribution >= 4 is 11.9 Å². The molecule has 18 nitrogen and oxygen atoms in total.